The van der Waals surface area contributed by atoms with E-state index < -0.39 is 17.5 Å². The van der Waals surface area contributed by atoms with E-state index >= 15 is 0 Å². The first-order valence-electron chi connectivity index (χ1n) is 5.01. The van der Waals surface area contributed by atoms with Crippen LogP contribution in [0.25, 0.3) is 0 Å². The summed E-state index contributed by atoms with van der Waals surface area (Å²) >= 11 is 0. The Morgan fingerprint density at radius 2 is 1.67 bits per heavy atom. The lowest BCUT2D eigenvalue weighted by Gasteiger charge is -2.35. The van der Waals surface area contributed by atoms with Gasteiger partial charge in [-0.2, -0.15) is 13.2 Å². The van der Waals surface area contributed by atoms with E-state index in [0.29, 0.717) is 6.42 Å². The van der Waals surface area contributed by atoms with Crippen LogP contribution in [-0.2, 0) is 4.79 Å². The molecule has 0 spiro atoms. The number of nitrogens with zero attached hydrogens (tertiary/aromatic N) is 1. The number of amides is 1. The Morgan fingerprint density at radius 3 is 1.87 bits per heavy atom. The minimum atomic E-state index is -4.47. The lowest BCUT2D eigenvalue weighted by atomic mass is 9.78. The van der Waals surface area contributed by atoms with E-state index in [0.717, 1.165) is 4.90 Å². The van der Waals surface area contributed by atoms with E-state index in [1.54, 1.807) is 6.92 Å². The van der Waals surface area contributed by atoms with Crippen molar-refractivity contribution in [1.82, 2.24) is 4.90 Å². The molecule has 15 heavy (non-hydrogen) atoms. The highest BCUT2D eigenvalue weighted by Crippen LogP contribution is 2.45. The second-order valence-corrected chi connectivity index (χ2v) is 3.88. The van der Waals surface area contributed by atoms with Gasteiger partial charge in [-0.25, -0.2) is 0 Å². The topological polar surface area (TPSA) is 20.3 Å². The van der Waals surface area contributed by atoms with Crippen LogP contribution in [0, 0.1) is 5.41 Å². The third-order valence-electron chi connectivity index (χ3n) is 2.64. The fourth-order valence-electron chi connectivity index (χ4n) is 1.75. The predicted octanol–water partition coefficient (Wildman–Crippen LogP) is 2.83. The van der Waals surface area contributed by atoms with Gasteiger partial charge in [0.05, 0.1) is 0 Å². The van der Waals surface area contributed by atoms with Crippen LogP contribution in [0.3, 0.4) is 0 Å². The van der Waals surface area contributed by atoms with Crippen LogP contribution >= 0.6 is 0 Å². The van der Waals surface area contributed by atoms with E-state index in [1.165, 1.54) is 21.0 Å². The molecule has 0 N–H and O–H groups in total. The summed E-state index contributed by atoms with van der Waals surface area (Å²) in [7, 11) is 2.71. The highest BCUT2D eigenvalue weighted by molar-refractivity contribution is 5.83. The molecule has 0 fully saturated rings. The number of alkyl halides is 3. The van der Waals surface area contributed by atoms with Crippen molar-refractivity contribution in [1.29, 1.82) is 0 Å². The molecule has 1 unspecified atom stereocenters. The van der Waals surface area contributed by atoms with Gasteiger partial charge in [-0.3, -0.25) is 4.79 Å². The molecule has 0 aliphatic rings. The largest absolute Gasteiger partial charge is 0.403 e. The van der Waals surface area contributed by atoms with Gasteiger partial charge in [0, 0.05) is 14.1 Å². The summed E-state index contributed by atoms with van der Waals surface area (Å²) in [5, 5.41) is 0. The van der Waals surface area contributed by atoms with Gasteiger partial charge in [0.2, 0.25) is 5.91 Å². The van der Waals surface area contributed by atoms with Crippen LogP contribution in [0.1, 0.15) is 33.1 Å². The van der Waals surface area contributed by atoms with Crippen molar-refractivity contribution < 1.29 is 18.0 Å². The molecular weight excluding hydrogens is 207 g/mol. The van der Waals surface area contributed by atoms with Gasteiger partial charge >= 0.3 is 6.18 Å². The molecule has 0 bridgehead atoms. The summed E-state index contributed by atoms with van der Waals surface area (Å²) in [6.07, 6.45) is -4.49. The molecular formula is C10H18F3NO. The third kappa shape index (κ3) is 2.63. The molecule has 0 saturated carbocycles. The van der Waals surface area contributed by atoms with Crippen LogP contribution in [0.2, 0.25) is 0 Å². The van der Waals surface area contributed by atoms with Crippen LogP contribution < -0.4 is 0 Å². The highest BCUT2D eigenvalue weighted by Gasteiger charge is 2.58. The highest BCUT2D eigenvalue weighted by atomic mass is 19.4. The lowest BCUT2D eigenvalue weighted by Crippen LogP contribution is -2.49. The average Bonchev–Trinajstić information content (AvgIpc) is 2.10. The zero-order valence-corrected chi connectivity index (χ0v) is 9.61. The number of hydrogen-bond acceptors (Lipinski definition) is 1. The number of carbonyl (C=O) groups excluding carboxylic acids is 1. The van der Waals surface area contributed by atoms with E-state index in [2.05, 4.69) is 0 Å². The summed E-state index contributed by atoms with van der Waals surface area (Å²) in [4.78, 5) is 12.7. The Hall–Kier alpha value is -0.740. The zero-order chi connectivity index (χ0) is 12.3. The summed E-state index contributed by atoms with van der Waals surface area (Å²) in [5.74, 6) is -0.848. The first-order valence-corrected chi connectivity index (χ1v) is 5.01. The average molecular weight is 225 g/mol. The molecule has 0 aliphatic carbocycles. The molecule has 1 atom stereocenters. The van der Waals surface area contributed by atoms with Crippen molar-refractivity contribution >= 4 is 5.91 Å². The maximum atomic E-state index is 12.9. The van der Waals surface area contributed by atoms with Crippen molar-refractivity contribution in [2.45, 2.75) is 39.3 Å². The minimum Gasteiger partial charge on any atom is -0.348 e. The summed E-state index contributed by atoms with van der Waals surface area (Å²) < 4.78 is 38.8. The van der Waals surface area contributed by atoms with Crippen LogP contribution in [0.4, 0.5) is 13.2 Å². The van der Waals surface area contributed by atoms with Gasteiger partial charge in [0.25, 0.3) is 0 Å². The Bertz CT molecular complexity index is 225. The molecule has 0 aromatic heterocycles. The fraction of sp³-hybridized carbons (Fsp3) is 0.900. The fourth-order valence-corrected chi connectivity index (χ4v) is 1.75. The molecule has 0 rings (SSSR count). The standard InChI is InChI=1S/C10H18F3NO/c1-5-7-9(6-2,10(11,12)13)8(15)14(3)4/h5-7H2,1-4H3. The van der Waals surface area contributed by atoms with Crippen molar-refractivity contribution in [2.75, 3.05) is 14.1 Å². The van der Waals surface area contributed by atoms with E-state index in [-0.39, 0.29) is 12.8 Å². The van der Waals surface area contributed by atoms with Gasteiger partial charge in [-0.1, -0.05) is 20.3 Å². The van der Waals surface area contributed by atoms with Gasteiger partial charge in [0.15, 0.2) is 0 Å². The molecule has 2 nitrogen and oxygen atoms in total. The van der Waals surface area contributed by atoms with Crippen LogP contribution in [-0.4, -0.2) is 31.1 Å². The molecule has 0 aromatic rings. The van der Waals surface area contributed by atoms with Gasteiger partial charge in [-0.15, -0.1) is 0 Å². The Balaban J connectivity index is 5.25. The van der Waals surface area contributed by atoms with Crippen molar-refractivity contribution in [3.63, 3.8) is 0 Å². The van der Waals surface area contributed by atoms with E-state index in [1.807, 2.05) is 0 Å². The van der Waals surface area contributed by atoms with Crippen LogP contribution in [0.5, 0.6) is 0 Å². The summed E-state index contributed by atoms with van der Waals surface area (Å²) in [6, 6.07) is 0. The Labute approximate surface area is 88.4 Å². The first kappa shape index (κ1) is 14.3. The molecule has 90 valence electrons. The second-order valence-electron chi connectivity index (χ2n) is 3.88. The lowest BCUT2D eigenvalue weighted by molar-refractivity contribution is -0.229. The number of carbonyl (C=O) groups is 1. The van der Waals surface area contributed by atoms with E-state index in [4.69, 9.17) is 0 Å². The number of rotatable bonds is 4. The quantitative estimate of drug-likeness (QED) is 0.720. The molecule has 0 radical (unpaired) electrons. The van der Waals surface area contributed by atoms with Crippen molar-refractivity contribution in [3.8, 4) is 0 Å². The van der Waals surface area contributed by atoms with Gasteiger partial charge in [-0.05, 0) is 12.8 Å². The SMILES string of the molecule is CCCC(CC)(C(=O)N(C)C)C(F)(F)F. The molecule has 0 heterocycles. The molecule has 0 aliphatic heterocycles. The van der Waals surface area contributed by atoms with Crippen molar-refractivity contribution in [3.05, 3.63) is 0 Å². The molecule has 0 saturated heterocycles. The zero-order valence-electron chi connectivity index (χ0n) is 9.61. The van der Waals surface area contributed by atoms with Crippen LogP contribution in [0.15, 0.2) is 0 Å². The Kier molecular flexibility index (Phi) is 4.62. The summed E-state index contributed by atoms with van der Waals surface area (Å²) in [6.45, 7) is 3.06. The Morgan fingerprint density at radius 1 is 1.20 bits per heavy atom. The predicted molar refractivity (Wildman–Crippen MR) is 52.4 cm³/mol. The summed E-state index contributed by atoms with van der Waals surface area (Å²) in [5.41, 5.74) is -2.20. The maximum absolute atomic E-state index is 12.9. The molecule has 1 amide bonds. The van der Waals surface area contributed by atoms with Gasteiger partial charge < -0.3 is 4.90 Å². The second kappa shape index (κ2) is 4.86. The third-order valence-corrected chi connectivity index (χ3v) is 2.64. The molecule has 0 aromatic carbocycles. The smallest absolute Gasteiger partial charge is 0.348 e. The monoisotopic (exact) mass is 225 g/mol. The first-order chi connectivity index (χ1) is 6.73. The normalized spacial score (nSPS) is 15.9. The van der Waals surface area contributed by atoms with Crippen molar-refractivity contribution in [2.24, 2.45) is 5.41 Å². The minimum absolute atomic E-state index is 0.149. The van der Waals surface area contributed by atoms with Gasteiger partial charge in [0.1, 0.15) is 5.41 Å². The number of halogens is 3. The maximum Gasteiger partial charge on any atom is 0.403 e. The number of hydrogen-bond donors (Lipinski definition) is 0. The van der Waals surface area contributed by atoms with E-state index in [9.17, 15) is 18.0 Å². The molecule has 5 heteroatoms.